The molecule has 10 heteroatoms. The molecule has 0 aliphatic carbocycles. The summed E-state index contributed by atoms with van der Waals surface area (Å²) in [4.78, 5) is 22.4. The van der Waals surface area contributed by atoms with Crippen molar-refractivity contribution in [2.45, 2.75) is 13.3 Å². The molecule has 0 saturated heterocycles. The van der Waals surface area contributed by atoms with E-state index in [0.717, 1.165) is 6.42 Å². The van der Waals surface area contributed by atoms with E-state index < -0.39 is 10.9 Å². The van der Waals surface area contributed by atoms with E-state index in [9.17, 15) is 14.9 Å². The molecule has 0 fully saturated rings. The lowest BCUT2D eigenvalue weighted by atomic mass is 10.2. The Morgan fingerprint density at radius 2 is 1.58 bits per heavy atom. The van der Waals surface area contributed by atoms with E-state index in [1.807, 2.05) is 6.92 Å². The predicted octanol–water partition coefficient (Wildman–Crippen LogP) is 6.82. The lowest BCUT2D eigenvalue weighted by Gasteiger charge is -2.11. The van der Waals surface area contributed by atoms with Crippen LogP contribution in [0.15, 0.2) is 60.7 Å². The normalized spacial score (nSPS) is 10.4. The van der Waals surface area contributed by atoms with E-state index in [-0.39, 0.29) is 28.8 Å². The number of rotatable bonds is 10. The number of halogens is 2. The van der Waals surface area contributed by atoms with Crippen LogP contribution in [0, 0.1) is 10.1 Å². The van der Waals surface area contributed by atoms with Crippen LogP contribution in [0.4, 0.5) is 5.69 Å². The fraction of sp³-hybridized carbons (Fsp3) is 0.174. The van der Waals surface area contributed by atoms with Crippen molar-refractivity contribution < 1.29 is 28.7 Å². The van der Waals surface area contributed by atoms with Gasteiger partial charge in [0, 0.05) is 17.2 Å². The Hall–Kier alpha value is -3.49. The predicted molar refractivity (Wildman–Crippen MR) is 123 cm³/mol. The van der Waals surface area contributed by atoms with Gasteiger partial charge in [0.25, 0.3) is 0 Å². The number of hydrogen-bond donors (Lipinski definition) is 0. The smallest absolute Gasteiger partial charge is 0.344 e. The van der Waals surface area contributed by atoms with Crippen LogP contribution < -0.4 is 14.2 Å². The number of hydrogen-bond acceptors (Lipinski definition) is 7. The van der Waals surface area contributed by atoms with E-state index in [2.05, 4.69) is 0 Å². The third-order valence-corrected chi connectivity index (χ3v) is 4.66. The van der Waals surface area contributed by atoms with Gasteiger partial charge in [0.05, 0.1) is 16.6 Å². The van der Waals surface area contributed by atoms with Gasteiger partial charge in [0.1, 0.15) is 23.0 Å². The first-order valence-corrected chi connectivity index (χ1v) is 10.6. The molecule has 0 aromatic heterocycles. The highest BCUT2D eigenvalue weighted by atomic mass is 35.5. The van der Waals surface area contributed by atoms with Crippen LogP contribution in [-0.2, 0) is 9.53 Å². The van der Waals surface area contributed by atoms with Crippen LogP contribution in [0.1, 0.15) is 13.3 Å². The van der Waals surface area contributed by atoms with Crippen molar-refractivity contribution in [2.24, 2.45) is 0 Å². The second kappa shape index (κ2) is 11.4. The monoisotopic (exact) mass is 491 g/mol. The molecule has 0 N–H and O–H groups in total. The highest BCUT2D eigenvalue weighted by Gasteiger charge is 2.18. The van der Waals surface area contributed by atoms with Gasteiger partial charge in [0.2, 0.25) is 5.75 Å². The van der Waals surface area contributed by atoms with E-state index >= 15 is 0 Å². The van der Waals surface area contributed by atoms with Crippen molar-refractivity contribution in [2.75, 3.05) is 13.2 Å². The number of nitro benzene ring substituents is 1. The Kier molecular flexibility index (Phi) is 8.34. The lowest BCUT2D eigenvalue weighted by Crippen LogP contribution is -2.15. The number of esters is 1. The van der Waals surface area contributed by atoms with E-state index in [0.29, 0.717) is 28.9 Å². The Balaban J connectivity index is 1.72. The SMILES string of the molecule is CCCOC(=O)COc1ccc(Oc2cc(Oc3ccc(Cl)cc3Cl)ccc2[N+](=O)[O-])cc1. The van der Waals surface area contributed by atoms with Crippen LogP contribution in [0.2, 0.25) is 10.0 Å². The maximum Gasteiger partial charge on any atom is 0.344 e. The molecule has 0 unspecified atom stereocenters. The van der Waals surface area contributed by atoms with E-state index in [4.69, 9.17) is 42.1 Å². The molecule has 172 valence electrons. The van der Waals surface area contributed by atoms with Crippen LogP contribution in [0.3, 0.4) is 0 Å². The fourth-order valence-corrected chi connectivity index (χ4v) is 3.05. The van der Waals surface area contributed by atoms with Gasteiger partial charge < -0.3 is 18.9 Å². The van der Waals surface area contributed by atoms with Crippen molar-refractivity contribution >= 4 is 34.9 Å². The molecule has 0 radical (unpaired) electrons. The zero-order chi connectivity index (χ0) is 23.8. The first kappa shape index (κ1) is 24.2. The Bertz CT molecular complexity index is 1140. The van der Waals surface area contributed by atoms with E-state index in [1.54, 1.807) is 36.4 Å². The summed E-state index contributed by atoms with van der Waals surface area (Å²) in [6, 6.07) is 15.1. The zero-order valence-electron chi connectivity index (χ0n) is 17.5. The van der Waals surface area contributed by atoms with Gasteiger partial charge in [-0.1, -0.05) is 30.1 Å². The topological polar surface area (TPSA) is 97.1 Å². The van der Waals surface area contributed by atoms with Crippen LogP contribution in [0.25, 0.3) is 0 Å². The largest absolute Gasteiger partial charge is 0.482 e. The number of nitrogens with zero attached hydrogens (tertiary/aromatic N) is 1. The molecule has 8 nitrogen and oxygen atoms in total. The molecule has 0 saturated carbocycles. The first-order valence-electron chi connectivity index (χ1n) is 9.83. The van der Waals surface area contributed by atoms with Gasteiger partial charge in [-0.15, -0.1) is 0 Å². The molecule has 0 amide bonds. The van der Waals surface area contributed by atoms with Crippen molar-refractivity contribution in [1.29, 1.82) is 0 Å². The summed E-state index contributed by atoms with van der Waals surface area (Å²) in [6.45, 7) is 2.00. The minimum Gasteiger partial charge on any atom is -0.482 e. The lowest BCUT2D eigenvalue weighted by molar-refractivity contribution is -0.385. The summed E-state index contributed by atoms with van der Waals surface area (Å²) in [5.74, 6) is 0.857. The second-order valence-corrected chi connectivity index (χ2v) is 7.49. The summed E-state index contributed by atoms with van der Waals surface area (Å²) >= 11 is 12.0. The minimum absolute atomic E-state index is 0.0283. The molecule has 0 atom stereocenters. The van der Waals surface area contributed by atoms with Gasteiger partial charge in [-0.25, -0.2) is 4.79 Å². The Labute approximate surface area is 199 Å². The molecule has 0 aliphatic heterocycles. The summed E-state index contributed by atoms with van der Waals surface area (Å²) in [5.41, 5.74) is -0.247. The van der Waals surface area contributed by atoms with Crippen LogP contribution in [-0.4, -0.2) is 24.1 Å². The minimum atomic E-state index is -0.562. The molecule has 0 bridgehead atoms. The number of benzene rings is 3. The number of ether oxygens (including phenoxy) is 4. The molecule has 3 aromatic rings. The van der Waals surface area contributed by atoms with Gasteiger partial charge in [-0.3, -0.25) is 10.1 Å². The highest BCUT2D eigenvalue weighted by molar-refractivity contribution is 6.35. The van der Waals surface area contributed by atoms with Gasteiger partial charge >= 0.3 is 11.7 Å². The van der Waals surface area contributed by atoms with Crippen molar-refractivity contribution in [3.8, 4) is 28.7 Å². The Morgan fingerprint density at radius 3 is 2.24 bits per heavy atom. The summed E-state index contributed by atoms with van der Waals surface area (Å²) in [6.07, 6.45) is 0.725. The fourth-order valence-electron chi connectivity index (χ4n) is 2.61. The summed E-state index contributed by atoms with van der Waals surface area (Å²) < 4.78 is 21.7. The Morgan fingerprint density at radius 1 is 0.909 bits per heavy atom. The average Bonchev–Trinajstić information content (AvgIpc) is 2.79. The molecular formula is C23H19Cl2NO7. The molecule has 0 spiro atoms. The van der Waals surface area contributed by atoms with Crippen LogP contribution in [0.5, 0.6) is 28.7 Å². The van der Waals surface area contributed by atoms with Gasteiger partial charge in [0.15, 0.2) is 6.61 Å². The maximum atomic E-state index is 11.5. The van der Waals surface area contributed by atoms with Gasteiger partial charge in [-0.2, -0.15) is 0 Å². The molecular weight excluding hydrogens is 473 g/mol. The number of nitro groups is 1. The highest BCUT2D eigenvalue weighted by Crippen LogP contribution is 2.38. The third kappa shape index (κ3) is 7.00. The van der Waals surface area contributed by atoms with Crippen molar-refractivity contribution in [3.05, 3.63) is 80.8 Å². The quantitative estimate of drug-likeness (QED) is 0.174. The van der Waals surface area contributed by atoms with Crippen LogP contribution >= 0.6 is 23.2 Å². The van der Waals surface area contributed by atoms with Gasteiger partial charge in [-0.05, 0) is 55.0 Å². The second-order valence-electron chi connectivity index (χ2n) is 6.65. The molecule has 3 aromatic carbocycles. The number of carbonyl (C=O) groups excluding carboxylic acids is 1. The molecule has 0 aliphatic rings. The molecule has 33 heavy (non-hydrogen) atoms. The maximum absolute atomic E-state index is 11.5. The summed E-state index contributed by atoms with van der Waals surface area (Å²) in [5, 5.41) is 12.2. The molecule has 3 rings (SSSR count). The average molecular weight is 492 g/mol. The van der Waals surface area contributed by atoms with Crippen molar-refractivity contribution in [1.82, 2.24) is 0 Å². The zero-order valence-corrected chi connectivity index (χ0v) is 19.0. The first-order chi connectivity index (χ1) is 15.9. The van der Waals surface area contributed by atoms with Crippen molar-refractivity contribution in [3.63, 3.8) is 0 Å². The molecule has 0 heterocycles. The standard InChI is InChI=1S/C23H19Cl2NO7/c1-2-11-30-23(27)14-31-16-4-6-17(7-5-16)32-22-13-18(8-9-20(22)26(28)29)33-21-10-3-15(24)12-19(21)25/h3-10,12-13H,2,11,14H2,1H3. The van der Waals surface area contributed by atoms with E-state index in [1.165, 1.54) is 24.3 Å². The summed E-state index contributed by atoms with van der Waals surface area (Å²) in [7, 11) is 0. The number of carbonyl (C=O) groups is 1. The third-order valence-electron chi connectivity index (χ3n) is 4.13.